The second-order valence-corrected chi connectivity index (χ2v) is 8.97. The van der Waals surface area contributed by atoms with Crippen molar-refractivity contribution in [1.82, 2.24) is 9.88 Å². The maximum atomic E-state index is 11.4. The quantitative estimate of drug-likeness (QED) is 0.595. The molecule has 2 aromatic rings. The van der Waals surface area contributed by atoms with Crippen molar-refractivity contribution in [2.45, 2.75) is 12.5 Å². The van der Waals surface area contributed by atoms with Crippen LogP contribution in [-0.2, 0) is 14.8 Å². The van der Waals surface area contributed by atoms with Crippen LogP contribution in [0.1, 0.15) is 22.5 Å². The van der Waals surface area contributed by atoms with Crippen LogP contribution in [0.25, 0.3) is 10.6 Å². The van der Waals surface area contributed by atoms with Gasteiger partial charge in [-0.1, -0.05) is 29.4 Å². The zero-order valence-electron chi connectivity index (χ0n) is 15.7. The first-order chi connectivity index (χ1) is 13.5. The summed E-state index contributed by atoms with van der Waals surface area (Å²) in [6.07, 6.45) is 6.18. The molecule has 1 atom stereocenters. The Morgan fingerprint density at radius 2 is 2.17 bits per heavy atom. The largest absolute Gasteiger partial charge is 0.383 e. The number of hydrogen-bond acceptors (Lipinski definition) is 7. The molecule has 1 aromatic carbocycles. The second-order valence-electron chi connectivity index (χ2n) is 6.22. The van der Waals surface area contributed by atoms with Gasteiger partial charge in [-0.2, -0.15) is 0 Å². The van der Waals surface area contributed by atoms with Crippen LogP contribution < -0.4 is 10.5 Å². The molecule has 4 N–H and O–H groups in total. The van der Waals surface area contributed by atoms with Gasteiger partial charge in [-0.15, -0.1) is 6.42 Å². The summed E-state index contributed by atoms with van der Waals surface area (Å²) in [6.45, 7) is 0.694. The number of anilines is 1. The summed E-state index contributed by atoms with van der Waals surface area (Å²) in [6, 6.07) is 6.98. The molecule has 0 radical (unpaired) electrons. The van der Waals surface area contributed by atoms with E-state index in [4.69, 9.17) is 17.3 Å². The highest BCUT2D eigenvalue weighted by molar-refractivity contribution is 7.92. The number of likely N-dealkylation sites (N-methyl/N-ethyl adjacent to an activating group) is 1. The zero-order valence-corrected chi connectivity index (χ0v) is 17.4. The number of terminal acetylenes is 1. The van der Waals surface area contributed by atoms with Gasteiger partial charge in [-0.3, -0.25) is 14.3 Å². The molecule has 0 aliphatic carbocycles. The summed E-state index contributed by atoms with van der Waals surface area (Å²) in [5, 5.41) is 9.32. The number of aliphatic hydroxyl groups excluding tert-OH is 1. The van der Waals surface area contributed by atoms with Gasteiger partial charge in [0.1, 0.15) is 16.1 Å². The van der Waals surface area contributed by atoms with Crippen molar-refractivity contribution in [3.05, 3.63) is 35.5 Å². The number of nitrogens with two attached hydrogens (primary N) is 1. The van der Waals surface area contributed by atoms with Gasteiger partial charge < -0.3 is 15.7 Å². The van der Waals surface area contributed by atoms with Gasteiger partial charge in [0.25, 0.3) is 11.8 Å². The highest BCUT2D eigenvalue weighted by atomic mass is 32.2. The van der Waals surface area contributed by atoms with E-state index >= 15 is 0 Å². The molecule has 11 heteroatoms. The molecule has 0 bridgehead atoms. The van der Waals surface area contributed by atoms with Crippen molar-refractivity contribution < 1.29 is 23.1 Å². The third-order valence-corrected chi connectivity index (χ3v) is 5.54. The van der Waals surface area contributed by atoms with Crippen molar-refractivity contribution in [1.29, 1.82) is 0 Å². The smallest absolute Gasteiger partial charge is 0.270 e. The monoisotopic (exact) mass is 436 g/mol. The van der Waals surface area contributed by atoms with E-state index in [0.29, 0.717) is 29.1 Å². The summed E-state index contributed by atoms with van der Waals surface area (Å²) in [4.78, 5) is 27.6. The van der Waals surface area contributed by atoms with Gasteiger partial charge in [0.2, 0.25) is 10.0 Å². The average Bonchev–Trinajstić information content (AvgIpc) is 3.19. The van der Waals surface area contributed by atoms with Crippen LogP contribution >= 0.6 is 11.3 Å². The molecule has 1 aromatic heterocycles. The summed E-state index contributed by atoms with van der Waals surface area (Å²) in [5.74, 6) is 1.54. The van der Waals surface area contributed by atoms with Crippen molar-refractivity contribution >= 4 is 38.2 Å². The molecule has 0 spiro atoms. The lowest BCUT2D eigenvalue weighted by atomic mass is 10.1. The summed E-state index contributed by atoms with van der Waals surface area (Å²) >= 11 is 1.02. The van der Waals surface area contributed by atoms with E-state index in [1.54, 1.807) is 31.3 Å². The molecule has 3 rings (SSSR count). The Morgan fingerprint density at radius 1 is 1.48 bits per heavy atom. The molecular formula is C18H20N4O5S2. The topological polar surface area (TPSA) is 143 Å². The normalized spacial score (nSPS) is 16.0. The molecule has 154 valence electrons. The maximum Gasteiger partial charge on any atom is 0.270 e. The zero-order chi connectivity index (χ0) is 21.8. The number of thiazole rings is 1. The molecule has 1 unspecified atom stereocenters. The molecule has 2 amide bonds. The van der Waals surface area contributed by atoms with Crippen molar-refractivity contribution in [3.63, 3.8) is 0 Å². The second kappa shape index (κ2) is 9.04. The lowest BCUT2D eigenvalue weighted by Crippen LogP contribution is -2.24. The summed E-state index contributed by atoms with van der Waals surface area (Å²) in [7, 11) is -1.84. The molecule has 0 saturated carbocycles. The van der Waals surface area contributed by atoms with Crippen molar-refractivity contribution in [2.24, 2.45) is 5.73 Å². The molecule has 2 heterocycles. The van der Waals surface area contributed by atoms with E-state index in [1.807, 2.05) is 0 Å². The van der Waals surface area contributed by atoms with E-state index in [2.05, 4.69) is 15.6 Å². The Bertz CT molecular complexity index is 1060. The van der Waals surface area contributed by atoms with E-state index < -0.39 is 22.0 Å². The first kappa shape index (κ1) is 22.4. The van der Waals surface area contributed by atoms with Crippen LogP contribution in [0.3, 0.4) is 0 Å². The number of aliphatic hydroxyl groups is 1. The van der Waals surface area contributed by atoms with Crippen LogP contribution in [0.4, 0.5) is 5.00 Å². The van der Waals surface area contributed by atoms with Crippen LogP contribution in [0.15, 0.2) is 24.3 Å². The minimum Gasteiger partial charge on any atom is -0.383 e. The number of primary amides is 1. The van der Waals surface area contributed by atoms with Crippen LogP contribution in [0, 0.1) is 12.3 Å². The van der Waals surface area contributed by atoms with Crippen molar-refractivity contribution in [2.75, 3.05) is 24.6 Å². The SMILES string of the molecule is C#Cc1cccc(-c2nc(C(N)=O)c(NS(C)(=O)=O)s2)c1.CN1CCC(O)C1=O. The highest BCUT2D eigenvalue weighted by Crippen LogP contribution is 2.32. The maximum absolute atomic E-state index is 11.4. The first-order valence-corrected chi connectivity index (χ1v) is 11.0. The summed E-state index contributed by atoms with van der Waals surface area (Å²) in [5.41, 5.74) is 6.43. The number of likely N-dealkylation sites (tertiary alicyclic amines) is 1. The van der Waals surface area contributed by atoms with Crippen LogP contribution in [-0.4, -0.2) is 61.2 Å². The minimum atomic E-state index is -3.53. The first-order valence-electron chi connectivity index (χ1n) is 8.30. The van der Waals surface area contributed by atoms with Crippen LogP contribution in [0.5, 0.6) is 0 Å². The number of hydrogen-bond donors (Lipinski definition) is 3. The van der Waals surface area contributed by atoms with Crippen LogP contribution in [0.2, 0.25) is 0 Å². The molecule has 9 nitrogen and oxygen atoms in total. The Balaban J connectivity index is 0.000000313. The minimum absolute atomic E-state index is 0.0890. The predicted molar refractivity (Wildman–Crippen MR) is 111 cm³/mol. The molecular weight excluding hydrogens is 416 g/mol. The predicted octanol–water partition coefficient (Wildman–Crippen LogP) is 0.471. The van der Waals surface area contributed by atoms with Gasteiger partial charge in [0, 0.05) is 24.7 Å². The van der Waals surface area contributed by atoms with E-state index in [1.165, 1.54) is 4.90 Å². The third kappa shape index (κ3) is 6.02. The fraction of sp³-hybridized carbons (Fsp3) is 0.278. The van der Waals surface area contributed by atoms with E-state index in [-0.39, 0.29) is 16.6 Å². The number of carbonyl (C=O) groups excluding carboxylic acids is 2. The Hall–Kier alpha value is -2.94. The molecule has 1 aliphatic rings. The molecule has 1 aliphatic heterocycles. The Kier molecular flexibility index (Phi) is 6.97. The number of sulfonamides is 1. The number of carbonyl (C=O) groups is 2. The third-order valence-electron chi connectivity index (χ3n) is 3.81. The van der Waals surface area contributed by atoms with E-state index in [0.717, 1.165) is 17.6 Å². The number of nitrogens with zero attached hydrogens (tertiary/aromatic N) is 2. The fourth-order valence-electron chi connectivity index (χ4n) is 2.39. The van der Waals surface area contributed by atoms with Gasteiger partial charge in [0.05, 0.1) is 6.26 Å². The van der Waals surface area contributed by atoms with Gasteiger partial charge in [0.15, 0.2) is 5.69 Å². The number of amides is 2. The standard InChI is InChI=1S/C13H11N3O3S2.C5H9NO2/c1-3-8-5-4-6-9(7-8)12-15-10(11(14)17)13(20-12)16-21(2,18)19;1-6-3-2-4(7)5(6)8/h1,4-7,16H,2H3,(H2,14,17);4,7H,2-3H2,1H3. The Labute approximate surface area is 172 Å². The lowest BCUT2D eigenvalue weighted by molar-refractivity contribution is -0.133. The number of rotatable bonds is 4. The fourth-order valence-corrected chi connectivity index (χ4v) is 4.27. The number of aromatic nitrogens is 1. The number of benzene rings is 1. The van der Waals surface area contributed by atoms with Crippen molar-refractivity contribution in [3.8, 4) is 22.9 Å². The summed E-state index contributed by atoms with van der Waals surface area (Å²) < 4.78 is 24.9. The van der Waals surface area contributed by atoms with Gasteiger partial charge >= 0.3 is 0 Å². The molecule has 29 heavy (non-hydrogen) atoms. The Morgan fingerprint density at radius 3 is 2.62 bits per heavy atom. The number of nitrogens with one attached hydrogen (secondary N) is 1. The van der Waals surface area contributed by atoms with Gasteiger partial charge in [-0.25, -0.2) is 13.4 Å². The lowest BCUT2D eigenvalue weighted by Gasteiger charge is -2.04. The average molecular weight is 437 g/mol. The van der Waals surface area contributed by atoms with Gasteiger partial charge in [-0.05, 0) is 18.6 Å². The van der Waals surface area contributed by atoms with E-state index in [9.17, 15) is 18.0 Å². The molecule has 1 fully saturated rings. The molecule has 1 saturated heterocycles. The highest BCUT2D eigenvalue weighted by Gasteiger charge is 2.26.